The van der Waals surface area contributed by atoms with Gasteiger partial charge in [-0.3, -0.25) is 4.79 Å². The van der Waals surface area contributed by atoms with E-state index >= 15 is 0 Å². The third-order valence-electron chi connectivity index (χ3n) is 4.17. The van der Waals surface area contributed by atoms with E-state index in [1.165, 1.54) is 18.2 Å². The van der Waals surface area contributed by atoms with Crippen LogP contribution in [0.3, 0.4) is 0 Å². The molecule has 0 aliphatic rings. The average molecular weight is 397 g/mol. The van der Waals surface area contributed by atoms with E-state index in [0.29, 0.717) is 35.7 Å². The van der Waals surface area contributed by atoms with Gasteiger partial charge >= 0.3 is 0 Å². The molecule has 0 bridgehead atoms. The molecular formula is C22H24FN3O3. The van der Waals surface area contributed by atoms with E-state index in [1.54, 1.807) is 36.8 Å². The molecular weight excluding hydrogens is 373 g/mol. The molecule has 1 N–H and O–H groups in total. The molecule has 3 aromatic rings. The predicted molar refractivity (Wildman–Crippen MR) is 108 cm³/mol. The molecule has 2 aromatic carbocycles. The molecule has 0 fully saturated rings. The zero-order valence-corrected chi connectivity index (χ0v) is 16.5. The van der Waals surface area contributed by atoms with Gasteiger partial charge in [0.2, 0.25) is 0 Å². The molecule has 0 saturated heterocycles. The van der Waals surface area contributed by atoms with E-state index in [9.17, 15) is 9.18 Å². The fraction of sp³-hybridized carbons (Fsp3) is 0.273. The number of benzene rings is 2. The Labute approximate surface area is 169 Å². The first kappa shape index (κ1) is 20.5. The fourth-order valence-corrected chi connectivity index (χ4v) is 2.61. The van der Waals surface area contributed by atoms with Crippen molar-refractivity contribution < 1.29 is 18.7 Å². The third-order valence-corrected chi connectivity index (χ3v) is 4.17. The SMILES string of the molecule is CC(C)OCc1cc(C(=O)Nc2ccc(OCCn3ccnc3)cc2)ccc1F. The molecule has 1 aromatic heterocycles. The lowest BCUT2D eigenvalue weighted by molar-refractivity contribution is 0.0639. The predicted octanol–water partition coefficient (Wildman–Crippen LogP) is 4.28. The number of nitrogens with zero attached hydrogens (tertiary/aromatic N) is 2. The Morgan fingerprint density at radius 2 is 2.00 bits per heavy atom. The van der Waals surface area contributed by atoms with Crippen LogP contribution in [0.15, 0.2) is 61.2 Å². The minimum atomic E-state index is -0.389. The molecule has 1 heterocycles. The van der Waals surface area contributed by atoms with Crippen LogP contribution in [0.4, 0.5) is 10.1 Å². The van der Waals surface area contributed by atoms with Gasteiger partial charge in [-0.05, 0) is 56.3 Å². The summed E-state index contributed by atoms with van der Waals surface area (Å²) in [6.45, 7) is 5.08. The number of amides is 1. The summed E-state index contributed by atoms with van der Waals surface area (Å²) >= 11 is 0. The number of imidazole rings is 1. The molecule has 0 atom stereocenters. The van der Waals surface area contributed by atoms with Crippen molar-refractivity contribution >= 4 is 11.6 Å². The largest absolute Gasteiger partial charge is 0.492 e. The van der Waals surface area contributed by atoms with Crippen LogP contribution >= 0.6 is 0 Å². The van der Waals surface area contributed by atoms with Gasteiger partial charge in [0.05, 0.1) is 25.6 Å². The molecule has 0 spiro atoms. The summed E-state index contributed by atoms with van der Waals surface area (Å²) in [5.41, 5.74) is 1.35. The van der Waals surface area contributed by atoms with E-state index in [0.717, 1.165) is 0 Å². The van der Waals surface area contributed by atoms with Crippen molar-refractivity contribution in [3.8, 4) is 5.75 Å². The van der Waals surface area contributed by atoms with E-state index in [-0.39, 0.29) is 24.4 Å². The van der Waals surface area contributed by atoms with Crippen LogP contribution in [0.2, 0.25) is 0 Å². The standard InChI is InChI=1S/C22H24FN3O3/c1-16(2)29-14-18-13-17(3-8-21(18)23)22(27)25-19-4-6-20(7-5-19)28-12-11-26-10-9-24-15-26/h3-10,13,15-16H,11-12,14H2,1-2H3,(H,25,27). The Morgan fingerprint density at radius 3 is 2.69 bits per heavy atom. The van der Waals surface area contributed by atoms with Crippen LogP contribution in [0.1, 0.15) is 29.8 Å². The van der Waals surface area contributed by atoms with Crippen LogP contribution in [0.5, 0.6) is 5.75 Å². The van der Waals surface area contributed by atoms with Crippen LogP contribution < -0.4 is 10.1 Å². The molecule has 1 amide bonds. The molecule has 152 valence electrons. The quantitative estimate of drug-likeness (QED) is 0.585. The van der Waals surface area contributed by atoms with Crippen LogP contribution in [0.25, 0.3) is 0 Å². The van der Waals surface area contributed by atoms with E-state index in [1.807, 2.05) is 24.6 Å². The number of halogens is 1. The minimum absolute atomic E-state index is 0.0208. The Balaban J connectivity index is 1.55. The second kappa shape index (κ2) is 9.84. The van der Waals surface area contributed by atoms with Gasteiger partial charge in [-0.25, -0.2) is 9.37 Å². The number of ether oxygens (including phenoxy) is 2. The Hall–Kier alpha value is -3.19. The Morgan fingerprint density at radius 1 is 1.21 bits per heavy atom. The highest BCUT2D eigenvalue weighted by Crippen LogP contribution is 2.18. The summed E-state index contributed by atoms with van der Waals surface area (Å²) in [6, 6.07) is 11.3. The van der Waals surface area contributed by atoms with Crippen molar-refractivity contribution in [1.29, 1.82) is 0 Å². The number of aromatic nitrogens is 2. The number of carbonyl (C=O) groups is 1. The van der Waals surface area contributed by atoms with Crippen molar-refractivity contribution in [2.24, 2.45) is 0 Å². The van der Waals surface area contributed by atoms with Gasteiger partial charge < -0.3 is 19.4 Å². The van der Waals surface area contributed by atoms with Gasteiger partial charge in [-0.1, -0.05) is 0 Å². The molecule has 0 radical (unpaired) electrons. The Bertz CT molecular complexity index is 925. The monoisotopic (exact) mass is 397 g/mol. The normalized spacial score (nSPS) is 10.9. The summed E-state index contributed by atoms with van der Waals surface area (Å²) in [6.07, 6.45) is 5.31. The van der Waals surface area contributed by atoms with Crippen molar-refractivity contribution in [3.63, 3.8) is 0 Å². The average Bonchev–Trinajstić information content (AvgIpc) is 3.22. The molecule has 0 aliphatic carbocycles. The van der Waals surface area contributed by atoms with Crippen LogP contribution in [-0.2, 0) is 17.9 Å². The fourth-order valence-electron chi connectivity index (χ4n) is 2.61. The zero-order chi connectivity index (χ0) is 20.6. The molecule has 6 nitrogen and oxygen atoms in total. The number of carbonyl (C=O) groups excluding carboxylic acids is 1. The summed E-state index contributed by atoms with van der Waals surface area (Å²) < 4.78 is 27.0. The summed E-state index contributed by atoms with van der Waals surface area (Å²) in [5.74, 6) is 0.00184. The lowest BCUT2D eigenvalue weighted by Gasteiger charge is -2.11. The van der Waals surface area contributed by atoms with Gasteiger partial charge in [0, 0.05) is 29.2 Å². The number of hydrogen-bond acceptors (Lipinski definition) is 4. The van der Waals surface area contributed by atoms with Crippen LogP contribution in [0, 0.1) is 5.82 Å². The highest BCUT2D eigenvalue weighted by atomic mass is 19.1. The minimum Gasteiger partial charge on any atom is -0.492 e. The summed E-state index contributed by atoms with van der Waals surface area (Å²) in [4.78, 5) is 16.5. The molecule has 7 heteroatoms. The second-order valence-electron chi connectivity index (χ2n) is 6.79. The van der Waals surface area contributed by atoms with Crippen LogP contribution in [-0.4, -0.2) is 28.2 Å². The van der Waals surface area contributed by atoms with Gasteiger partial charge in [0.1, 0.15) is 18.2 Å². The first-order valence-electron chi connectivity index (χ1n) is 9.41. The van der Waals surface area contributed by atoms with Gasteiger partial charge in [0.15, 0.2) is 0 Å². The molecule has 29 heavy (non-hydrogen) atoms. The number of anilines is 1. The zero-order valence-electron chi connectivity index (χ0n) is 16.5. The smallest absolute Gasteiger partial charge is 0.255 e. The van der Waals surface area contributed by atoms with Crippen molar-refractivity contribution in [2.45, 2.75) is 33.1 Å². The first-order chi connectivity index (χ1) is 14.0. The molecule has 3 rings (SSSR count). The van der Waals surface area contributed by atoms with E-state index < -0.39 is 0 Å². The van der Waals surface area contributed by atoms with Crippen molar-refractivity contribution in [2.75, 3.05) is 11.9 Å². The maximum atomic E-state index is 13.9. The lowest BCUT2D eigenvalue weighted by atomic mass is 10.1. The first-order valence-corrected chi connectivity index (χ1v) is 9.41. The maximum absolute atomic E-state index is 13.9. The lowest BCUT2D eigenvalue weighted by Crippen LogP contribution is -2.13. The highest BCUT2D eigenvalue weighted by molar-refractivity contribution is 6.04. The number of rotatable bonds is 9. The summed E-state index contributed by atoms with van der Waals surface area (Å²) in [5, 5.41) is 2.81. The second-order valence-corrected chi connectivity index (χ2v) is 6.79. The molecule has 0 unspecified atom stereocenters. The number of hydrogen-bond donors (Lipinski definition) is 1. The topological polar surface area (TPSA) is 65.4 Å². The van der Waals surface area contributed by atoms with Gasteiger partial charge in [0.25, 0.3) is 5.91 Å². The highest BCUT2D eigenvalue weighted by Gasteiger charge is 2.11. The Kier molecular flexibility index (Phi) is 6.97. The van der Waals surface area contributed by atoms with E-state index in [2.05, 4.69) is 10.3 Å². The molecule has 0 aliphatic heterocycles. The third kappa shape index (κ3) is 6.15. The van der Waals surface area contributed by atoms with Gasteiger partial charge in [-0.15, -0.1) is 0 Å². The van der Waals surface area contributed by atoms with Gasteiger partial charge in [-0.2, -0.15) is 0 Å². The molecule has 0 saturated carbocycles. The van der Waals surface area contributed by atoms with Crippen molar-refractivity contribution in [3.05, 3.63) is 78.1 Å². The number of nitrogens with one attached hydrogen (secondary N) is 1. The van der Waals surface area contributed by atoms with Crippen molar-refractivity contribution in [1.82, 2.24) is 9.55 Å². The van der Waals surface area contributed by atoms with E-state index in [4.69, 9.17) is 9.47 Å². The maximum Gasteiger partial charge on any atom is 0.255 e. The summed E-state index contributed by atoms with van der Waals surface area (Å²) in [7, 11) is 0.